The molecule has 1 heterocycles. The highest BCUT2D eigenvalue weighted by Gasteiger charge is 2.31. The van der Waals surface area contributed by atoms with Gasteiger partial charge in [0, 0.05) is 17.7 Å². The molecule has 2 nitrogen and oxygen atoms in total. The number of halogens is 3. The van der Waals surface area contributed by atoms with Gasteiger partial charge in [0.05, 0.1) is 17.0 Å². The molecule has 146 valence electrons. The first-order chi connectivity index (χ1) is 13.9. The third-order valence-electron chi connectivity index (χ3n) is 4.76. The number of alkyl halides is 3. The molecular formula is C24H19F3NO+. The Bertz CT molecular complexity index is 1220. The number of fused-ring (bicyclic) bond motifs is 1. The van der Waals surface area contributed by atoms with Gasteiger partial charge in [0.1, 0.15) is 11.3 Å². The summed E-state index contributed by atoms with van der Waals surface area (Å²) in [4.78, 5) is 3.16. The zero-order valence-electron chi connectivity index (χ0n) is 15.8. The Morgan fingerprint density at radius 2 is 1.66 bits per heavy atom. The molecule has 1 N–H and O–H groups in total. The summed E-state index contributed by atoms with van der Waals surface area (Å²) in [5.74, 6) is 0.636. The van der Waals surface area contributed by atoms with Gasteiger partial charge in [0.2, 0.25) is 11.0 Å². The van der Waals surface area contributed by atoms with Gasteiger partial charge < -0.3 is 4.42 Å². The second-order valence-corrected chi connectivity index (χ2v) is 6.78. The predicted octanol–water partition coefficient (Wildman–Crippen LogP) is 4.99. The van der Waals surface area contributed by atoms with E-state index in [2.05, 4.69) is 11.9 Å². The number of rotatable bonds is 3. The minimum atomic E-state index is -4.39. The Labute approximate surface area is 166 Å². The normalized spacial score (nSPS) is 12.5. The lowest BCUT2D eigenvalue weighted by Gasteiger charge is -2.06. The van der Waals surface area contributed by atoms with Crippen LogP contribution >= 0.6 is 0 Å². The van der Waals surface area contributed by atoms with Crippen LogP contribution in [0.15, 0.2) is 83.3 Å². The molecule has 0 amide bonds. The molecule has 4 aromatic rings. The van der Waals surface area contributed by atoms with Crippen LogP contribution in [0.4, 0.5) is 18.9 Å². The van der Waals surface area contributed by atoms with E-state index in [0.717, 1.165) is 35.1 Å². The Kier molecular flexibility index (Phi) is 4.97. The average molecular weight is 394 g/mol. The van der Waals surface area contributed by atoms with Crippen molar-refractivity contribution in [1.29, 1.82) is 0 Å². The monoisotopic (exact) mass is 394 g/mol. The Hall–Kier alpha value is -3.34. The quantitative estimate of drug-likeness (QED) is 0.521. The topological polar surface area (TPSA) is 27.1 Å². The molecule has 3 aromatic carbocycles. The zero-order chi connectivity index (χ0) is 20.4. The predicted molar refractivity (Wildman–Crippen MR) is 106 cm³/mol. The van der Waals surface area contributed by atoms with Gasteiger partial charge in [0.15, 0.2) is 0 Å². The van der Waals surface area contributed by atoms with Crippen molar-refractivity contribution in [3.63, 3.8) is 0 Å². The lowest BCUT2D eigenvalue weighted by atomic mass is 10.1. The third kappa shape index (κ3) is 4.09. The van der Waals surface area contributed by atoms with E-state index in [-0.39, 0.29) is 0 Å². The molecule has 4 rings (SSSR count). The van der Waals surface area contributed by atoms with E-state index < -0.39 is 11.7 Å². The van der Waals surface area contributed by atoms with E-state index in [4.69, 9.17) is 4.42 Å². The average Bonchev–Trinajstić information content (AvgIpc) is 2.73. The number of hydrogen-bond acceptors (Lipinski definition) is 1. The smallest absolute Gasteiger partial charge is 0.416 e. The largest absolute Gasteiger partial charge is 0.456 e. The van der Waals surface area contributed by atoms with Gasteiger partial charge in [-0.2, -0.15) is 13.2 Å². The minimum absolute atomic E-state index is 0.369. The van der Waals surface area contributed by atoms with Gasteiger partial charge in [-0.15, -0.1) is 0 Å². The lowest BCUT2D eigenvalue weighted by Crippen LogP contribution is -2.70. The first-order valence-electron chi connectivity index (χ1n) is 9.33. The fourth-order valence-corrected chi connectivity index (χ4v) is 3.23. The highest BCUT2D eigenvalue weighted by molar-refractivity contribution is 5.78. The number of aryl methyl sites for hydroxylation is 1. The first kappa shape index (κ1) is 19.0. The van der Waals surface area contributed by atoms with Crippen LogP contribution < -0.4 is 10.3 Å². The van der Waals surface area contributed by atoms with Crippen molar-refractivity contribution in [1.82, 2.24) is 0 Å². The van der Waals surface area contributed by atoms with E-state index in [1.54, 1.807) is 6.07 Å². The van der Waals surface area contributed by atoms with Crippen molar-refractivity contribution < 1.29 is 22.6 Å². The SMILES string of the molecule is CCc1ccc2oc(-c3ccccc3)cc(=[NH+]c3cccc(C(F)(F)F)c3)c2c1. The van der Waals surface area contributed by atoms with Crippen LogP contribution in [0.2, 0.25) is 0 Å². The molecule has 0 bridgehead atoms. The van der Waals surface area contributed by atoms with E-state index >= 15 is 0 Å². The maximum absolute atomic E-state index is 13.1. The summed E-state index contributed by atoms with van der Waals surface area (Å²) in [5.41, 5.74) is 2.35. The van der Waals surface area contributed by atoms with Crippen LogP contribution in [0.3, 0.4) is 0 Å². The van der Waals surface area contributed by atoms with Crippen molar-refractivity contribution >= 4 is 16.7 Å². The fraction of sp³-hybridized carbons (Fsp3) is 0.125. The van der Waals surface area contributed by atoms with Gasteiger partial charge in [-0.1, -0.05) is 49.4 Å². The van der Waals surface area contributed by atoms with Crippen molar-refractivity contribution in [3.8, 4) is 11.3 Å². The molecule has 0 aliphatic heterocycles. The second-order valence-electron chi connectivity index (χ2n) is 6.78. The van der Waals surface area contributed by atoms with Crippen LogP contribution in [0.25, 0.3) is 22.3 Å². The van der Waals surface area contributed by atoms with Gasteiger partial charge >= 0.3 is 6.18 Å². The van der Waals surface area contributed by atoms with E-state index in [0.29, 0.717) is 22.4 Å². The molecule has 0 saturated carbocycles. The number of hydrogen-bond donors (Lipinski definition) is 1. The number of nitrogens with one attached hydrogen (secondary N) is 1. The van der Waals surface area contributed by atoms with Crippen LogP contribution in [-0.4, -0.2) is 0 Å². The molecule has 0 aliphatic carbocycles. The molecule has 29 heavy (non-hydrogen) atoms. The van der Waals surface area contributed by atoms with Crippen LogP contribution in [-0.2, 0) is 12.6 Å². The van der Waals surface area contributed by atoms with Crippen molar-refractivity contribution in [2.45, 2.75) is 19.5 Å². The molecule has 5 heteroatoms. The minimum Gasteiger partial charge on any atom is -0.456 e. The molecule has 0 fully saturated rings. The molecular weight excluding hydrogens is 375 g/mol. The van der Waals surface area contributed by atoms with E-state index in [1.807, 2.05) is 54.6 Å². The molecule has 0 aliphatic rings. The second kappa shape index (κ2) is 7.59. The van der Waals surface area contributed by atoms with Crippen molar-refractivity contribution in [2.75, 3.05) is 0 Å². The lowest BCUT2D eigenvalue weighted by molar-refractivity contribution is -0.401. The van der Waals surface area contributed by atoms with Crippen molar-refractivity contribution in [3.05, 3.63) is 95.3 Å². The Balaban J connectivity index is 1.97. The standard InChI is InChI=1S/C24H18F3NO/c1-2-16-11-12-22-20(13-16)21(15-23(29-22)17-7-4-3-5-8-17)28-19-10-6-9-18(14-19)24(25,26)27/h3-15H,2H2,1H3/p+1. The molecule has 0 saturated heterocycles. The summed E-state index contributed by atoms with van der Waals surface area (Å²) >= 11 is 0. The third-order valence-corrected chi connectivity index (χ3v) is 4.76. The summed E-state index contributed by atoms with van der Waals surface area (Å²) in [6.07, 6.45) is -3.55. The Morgan fingerprint density at radius 3 is 2.38 bits per heavy atom. The summed E-state index contributed by atoms with van der Waals surface area (Å²) in [7, 11) is 0. The summed E-state index contributed by atoms with van der Waals surface area (Å²) in [6, 6.07) is 22.5. The highest BCUT2D eigenvalue weighted by atomic mass is 19.4. The first-order valence-corrected chi connectivity index (χ1v) is 9.33. The van der Waals surface area contributed by atoms with Gasteiger partial charge in [0.25, 0.3) is 0 Å². The molecule has 0 atom stereocenters. The van der Waals surface area contributed by atoms with E-state index in [1.165, 1.54) is 6.07 Å². The molecule has 1 aromatic heterocycles. The zero-order valence-corrected chi connectivity index (χ0v) is 15.8. The fourth-order valence-electron chi connectivity index (χ4n) is 3.23. The highest BCUT2D eigenvalue weighted by Crippen LogP contribution is 2.29. The van der Waals surface area contributed by atoms with Crippen LogP contribution in [0, 0.1) is 0 Å². The Morgan fingerprint density at radius 1 is 0.862 bits per heavy atom. The van der Waals surface area contributed by atoms with Gasteiger partial charge in [-0.05, 0) is 30.2 Å². The van der Waals surface area contributed by atoms with Crippen LogP contribution in [0.5, 0.6) is 0 Å². The summed E-state index contributed by atoms with van der Waals surface area (Å²) in [5, 5.41) is 1.51. The van der Waals surface area contributed by atoms with Gasteiger partial charge in [-0.3, -0.25) is 0 Å². The van der Waals surface area contributed by atoms with E-state index in [9.17, 15) is 13.2 Å². The number of benzene rings is 3. The molecule has 0 unspecified atom stereocenters. The van der Waals surface area contributed by atoms with Gasteiger partial charge in [-0.25, -0.2) is 4.99 Å². The maximum atomic E-state index is 13.1. The molecule has 0 radical (unpaired) electrons. The molecule has 0 spiro atoms. The van der Waals surface area contributed by atoms with Crippen molar-refractivity contribution in [2.24, 2.45) is 0 Å². The summed E-state index contributed by atoms with van der Waals surface area (Å²) < 4.78 is 45.4. The maximum Gasteiger partial charge on any atom is 0.416 e. The van der Waals surface area contributed by atoms with Crippen LogP contribution in [0.1, 0.15) is 18.1 Å². The summed E-state index contributed by atoms with van der Waals surface area (Å²) in [6.45, 7) is 2.05.